The molecule has 0 atom stereocenters. The molecule has 1 aliphatic carbocycles. The van der Waals surface area contributed by atoms with Gasteiger partial charge in [0.25, 0.3) is 0 Å². The highest BCUT2D eigenvalue weighted by Crippen LogP contribution is 2.37. The van der Waals surface area contributed by atoms with Crippen molar-refractivity contribution in [3.05, 3.63) is 93.6 Å². The number of thiophene rings is 1. The first-order valence-electron chi connectivity index (χ1n) is 12.1. The van der Waals surface area contributed by atoms with Gasteiger partial charge in [-0.3, -0.25) is 9.59 Å². The summed E-state index contributed by atoms with van der Waals surface area (Å²) in [6, 6.07) is 19.5. The zero-order valence-electron chi connectivity index (χ0n) is 20.3. The summed E-state index contributed by atoms with van der Waals surface area (Å²) in [6.07, 6.45) is 5.16. The van der Waals surface area contributed by atoms with Gasteiger partial charge in [0.15, 0.2) is 0 Å². The van der Waals surface area contributed by atoms with Crippen LogP contribution in [-0.2, 0) is 29.0 Å². The summed E-state index contributed by atoms with van der Waals surface area (Å²) in [4.78, 5) is 26.1. The topological polar surface area (TPSA) is 104 Å². The van der Waals surface area contributed by atoms with Gasteiger partial charge in [-0.05, 0) is 65.8 Å². The molecule has 2 amide bonds. The highest BCUT2D eigenvalue weighted by molar-refractivity contribution is 7.16. The number of nitriles is 1. The van der Waals surface area contributed by atoms with E-state index < -0.39 is 11.8 Å². The van der Waals surface area contributed by atoms with Crippen molar-refractivity contribution < 1.29 is 18.7 Å². The predicted octanol–water partition coefficient (Wildman–Crippen LogP) is 5.46. The van der Waals surface area contributed by atoms with Crippen LogP contribution < -0.4 is 15.5 Å². The lowest BCUT2D eigenvalue weighted by molar-refractivity contribution is -0.136. The zero-order valence-corrected chi connectivity index (χ0v) is 21.1. The Hall–Kier alpha value is -4.55. The number of carbonyl (C=O) groups excluding carboxylic acids is 2. The minimum absolute atomic E-state index is 0.209. The summed E-state index contributed by atoms with van der Waals surface area (Å²) >= 11 is 1.35. The van der Waals surface area contributed by atoms with Crippen LogP contribution >= 0.6 is 11.3 Å². The SMILES string of the molecule is N#Cc1c(NC(=O)C(=O)N/N=C\c2c(OCc3ccc(F)cc3)ccc3ccccc23)sc2c1CCCC2. The van der Waals surface area contributed by atoms with Gasteiger partial charge in [-0.2, -0.15) is 10.4 Å². The Morgan fingerprint density at radius 3 is 2.66 bits per heavy atom. The smallest absolute Gasteiger partial charge is 0.329 e. The van der Waals surface area contributed by atoms with E-state index in [1.165, 1.54) is 29.7 Å². The number of benzene rings is 3. The van der Waals surface area contributed by atoms with E-state index in [2.05, 4.69) is 21.9 Å². The van der Waals surface area contributed by atoms with Crippen molar-refractivity contribution in [3.8, 4) is 11.8 Å². The van der Waals surface area contributed by atoms with E-state index in [-0.39, 0.29) is 12.4 Å². The Bertz CT molecular complexity index is 1590. The molecule has 0 unspecified atom stereocenters. The largest absolute Gasteiger partial charge is 0.488 e. The number of ether oxygens (including phenoxy) is 1. The lowest BCUT2D eigenvalue weighted by Crippen LogP contribution is -2.32. The molecule has 9 heteroatoms. The third kappa shape index (κ3) is 5.41. The van der Waals surface area contributed by atoms with Gasteiger partial charge in [-0.15, -0.1) is 11.3 Å². The molecule has 0 saturated heterocycles. The number of rotatable bonds is 6. The van der Waals surface area contributed by atoms with Gasteiger partial charge in [-0.1, -0.05) is 42.5 Å². The molecule has 1 heterocycles. The first-order valence-corrected chi connectivity index (χ1v) is 12.9. The highest BCUT2D eigenvalue weighted by Gasteiger charge is 2.23. The standard InChI is InChI=1S/C29H23FN4O3S/c30-20-12-9-18(10-13-20)17-37-25-14-11-19-5-1-2-6-21(19)24(25)16-32-34-28(36)27(35)33-29-23(15-31)22-7-3-4-8-26(22)38-29/h1-2,5-6,9-14,16H,3-4,7-8,17H2,(H,33,35)(H,34,36)/b32-16-. The molecule has 5 rings (SSSR count). The number of halogens is 1. The summed E-state index contributed by atoms with van der Waals surface area (Å²) in [5.41, 5.74) is 5.08. The first-order chi connectivity index (χ1) is 18.5. The Labute approximate surface area is 222 Å². The van der Waals surface area contributed by atoms with Crippen molar-refractivity contribution >= 4 is 45.1 Å². The van der Waals surface area contributed by atoms with Gasteiger partial charge in [0, 0.05) is 10.4 Å². The van der Waals surface area contributed by atoms with E-state index in [0.29, 0.717) is 21.9 Å². The molecule has 1 aromatic heterocycles. The van der Waals surface area contributed by atoms with E-state index in [1.54, 1.807) is 18.2 Å². The van der Waals surface area contributed by atoms with Crippen LogP contribution in [0.2, 0.25) is 0 Å². The molecule has 0 saturated carbocycles. The Kier molecular flexibility index (Phi) is 7.43. The molecule has 1 aliphatic rings. The Morgan fingerprint density at radius 2 is 1.84 bits per heavy atom. The maximum Gasteiger partial charge on any atom is 0.329 e. The van der Waals surface area contributed by atoms with Crippen LogP contribution in [0.15, 0.2) is 65.8 Å². The van der Waals surface area contributed by atoms with Crippen molar-refractivity contribution in [2.24, 2.45) is 5.10 Å². The monoisotopic (exact) mass is 526 g/mol. The van der Waals surface area contributed by atoms with Crippen LogP contribution in [0.4, 0.5) is 9.39 Å². The lowest BCUT2D eigenvalue weighted by atomic mass is 9.96. The van der Waals surface area contributed by atoms with Crippen LogP contribution in [-0.4, -0.2) is 18.0 Å². The molecule has 0 fully saturated rings. The molecule has 38 heavy (non-hydrogen) atoms. The quantitative estimate of drug-likeness (QED) is 0.198. The van der Waals surface area contributed by atoms with Crippen LogP contribution in [0.3, 0.4) is 0 Å². The van der Waals surface area contributed by atoms with E-state index >= 15 is 0 Å². The minimum atomic E-state index is -0.953. The van der Waals surface area contributed by atoms with Gasteiger partial charge in [0.1, 0.15) is 29.2 Å². The van der Waals surface area contributed by atoms with Crippen molar-refractivity contribution in [2.45, 2.75) is 32.3 Å². The Balaban J connectivity index is 1.31. The molecule has 0 aliphatic heterocycles. The normalized spacial score (nSPS) is 12.6. The lowest BCUT2D eigenvalue weighted by Gasteiger charge is -2.12. The fourth-order valence-corrected chi connectivity index (χ4v) is 5.65. The van der Waals surface area contributed by atoms with Crippen molar-refractivity contribution in [1.82, 2.24) is 5.43 Å². The van der Waals surface area contributed by atoms with E-state index in [4.69, 9.17) is 4.74 Å². The number of carbonyl (C=O) groups is 2. The van der Waals surface area contributed by atoms with Gasteiger partial charge < -0.3 is 10.1 Å². The van der Waals surface area contributed by atoms with Crippen LogP contribution in [0.5, 0.6) is 5.75 Å². The van der Waals surface area contributed by atoms with E-state index in [0.717, 1.165) is 52.5 Å². The third-order valence-electron chi connectivity index (χ3n) is 6.31. The first kappa shape index (κ1) is 25.1. The summed E-state index contributed by atoms with van der Waals surface area (Å²) in [5, 5.41) is 18.3. The third-order valence-corrected chi connectivity index (χ3v) is 7.52. The average Bonchev–Trinajstić information content (AvgIpc) is 3.29. The number of hydrogen-bond donors (Lipinski definition) is 2. The molecular weight excluding hydrogens is 503 g/mol. The fourth-order valence-electron chi connectivity index (χ4n) is 4.41. The number of fused-ring (bicyclic) bond motifs is 2. The van der Waals surface area contributed by atoms with E-state index in [9.17, 15) is 19.2 Å². The van der Waals surface area contributed by atoms with E-state index in [1.807, 2.05) is 30.3 Å². The molecule has 2 N–H and O–H groups in total. The highest BCUT2D eigenvalue weighted by atomic mass is 32.1. The number of nitrogens with one attached hydrogen (secondary N) is 2. The number of amides is 2. The summed E-state index contributed by atoms with van der Waals surface area (Å²) in [5.74, 6) is -1.67. The van der Waals surface area contributed by atoms with Gasteiger partial charge >= 0.3 is 11.8 Å². The molecule has 7 nitrogen and oxygen atoms in total. The minimum Gasteiger partial charge on any atom is -0.488 e. The zero-order chi connectivity index (χ0) is 26.5. The van der Waals surface area contributed by atoms with Crippen LogP contribution in [0.1, 0.15) is 40.0 Å². The molecule has 4 aromatic rings. The van der Waals surface area contributed by atoms with Crippen LogP contribution in [0.25, 0.3) is 10.8 Å². The number of hydrazone groups is 1. The fraction of sp³-hybridized carbons (Fsp3) is 0.172. The molecule has 3 aromatic carbocycles. The average molecular weight is 527 g/mol. The molecule has 0 radical (unpaired) electrons. The second-order valence-corrected chi connectivity index (χ2v) is 9.90. The molecule has 190 valence electrons. The number of hydrogen-bond acceptors (Lipinski definition) is 6. The predicted molar refractivity (Wildman–Crippen MR) is 145 cm³/mol. The summed E-state index contributed by atoms with van der Waals surface area (Å²) < 4.78 is 19.2. The second-order valence-electron chi connectivity index (χ2n) is 8.79. The van der Waals surface area contributed by atoms with Gasteiger partial charge in [0.05, 0.1) is 11.8 Å². The number of anilines is 1. The molecule has 0 bridgehead atoms. The number of nitrogens with zero attached hydrogens (tertiary/aromatic N) is 2. The van der Waals surface area contributed by atoms with Crippen molar-refractivity contribution in [2.75, 3.05) is 5.32 Å². The summed E-state index contributed by atoms with van der Waals surface area (Å²) in [7, 11) is 0. The van der Waals surface area contributed by atoms with Crippen molar-refractivity contribution in [3.63, 3.8) is 0 Å². The molecular formula is C29H23FN4O3S. The number of aryl methyl sites for hydroxylation is 1. The Morgan fingerprint density at radius 1 is 1.05 bits per heavy atom. The second kappa shape index (κ2) is 11.2. The molecule has 0 spiro atoms. The maximum atomic E-state index is 13.2. The maximum absolute atomic E-state index is 13.2. The summed E-state index contributed by atoms with van der Waals surface area (Å²) in [6.45, 7) is 0.209. The van der Waals surface area contributed by atoms with Crippen molar-refractivity contribution in [1.29, 1.82) is 5.26 Å². The van der Waals surface area contributed by atoms with Gasteiger partial charge in [0.2, 0.25) is 0 Å². The van der Waals surface area contributed by atoms with Crippen LogP contribution in [0, 0.1) is 17.1 Å². The van der Waals surface area contributed by atoms with Gasteiger partial charge in [-0.25, -0.2) is 9.82 Å².